The Morgan fingerprint density at radius 1 is 1.35 bits per heavy atom. The van der Waals surface area contributed by atoms with Crippen molar-refractivity contribution in [2.45, 2.75) is 25.8 Å². The third-order valence-electron chi connectivity index (χ3n) is 4.48. The monoisotopic (exact) mass is 309 g/mol. The maximum Gasteiger partial charge on any atom is 0.257 e. The number of aromatic nitrogens is 4. The summed E-state index contributed by atoms with van der Waals surface area (Å²) in [5.74, 6) is 0.914. The number of H-pyrrole nitrogens is 1. The largest absolute Gasteiger partial charge is 0.340 e. The third-order valence-corrected chi connectivity index (χ3v) is 4.48. The summed E-state index contributed by atoms with van der Waals surface area (Å²) in [6.07, 6.45) is 3.73. The molecule has 1 aliphatic rings. The van der Waals surface area contributed by atoms with E-state index in [9.17, 15) is 4.79 Å². The van der Waals surface area contributed by atoms with Crippen LogP contribution in [0.5, 0.6) is 0 Å². The average Bonchev–Trinajstić information content (AvgIpc) is 3.23. The van der Waals surface area contributed by atoms with Crippen molar-refractivity contribution < 1.29 is 4.79 Å². The molecule has 1 aliphatic heterocycles. The van der Waals surface area contributed by atoms with Gasteiger partial charge in [0.15, 0.2) is 0 Å². The van der Waals surface area contributed by atoms with Gasteiger partial charge in [0.05, 0.1) is 28.3 Å². The number of nitrogens with one attached hydrogen (secondary N) is 1. The van der Waals surface area contributed by atoms with E-state index < -0.39 is 0 Å². The van der Waals surface area contributed by atoms with Gasteiger partial charge in [-0.3, -0.25) is 9.48 Å². The van der Waals surface area contributed by atoms with E-state index in [1.807, 2.05) is 43.1 Å². The molecule has 3 heterocycles. The number of carbonyl (C=O) groups excluding carboxylic acids is 1. The number of aromatic amines is 1. The van der Waals surface area contributed by atoms with Gasteiger partial charge in [-0.2, -0.15) is 5.10 Å². The van der Waals surface area contributed by atoms with Crippen molar-refractivity contribution in [3.05, 3.63) is 47.5 Å². The number of fused-ring (bicyclic) bond motifs is 1. The van der Waals surface area contributed by atoms with Crippen molar-refractivity contribution >= 4 is 16.9 Å². The number of benzene rings is 1. The van der Waals surface area contributed by atoms with E-state index in [0.29, 0.717) is 5.56 Å². The summed E-state index contributed by atoms with van der Waals surface area (Å²) in [4.78, 5) is 22.9. The molecule has 118 valence electrons. The molecule has 1 fully saturated rings. The lowest BCUT2D eigenvalue weighted by molar-refractivity contribution is 0.0730. The number of hydrogen-bond donors (Lipinski definition) is 1. The van der Waals surface area contributed by atoms with Crippen molar-refractivity contribution in [3.8, 4) is 0 Å². The van der Waals surface area contributed by atoms with Gasteiger partial charge < -0.3 is 9.88 Å². The smallest absolute Gasteiger partial charge is 0.257 e. The van der Waals surface area contributed by atoms with E-state index in [0.717, 1.165) is 41.9 Å². The maximum absolute atomic E-state index is 12.9. The summed E-state index contributed by atoms with van der Waals surface area (Å²) in [5.41, 5.74) is 3.40. The van der Waals surface area contributed by atoms with Crippen LogP contribution in [0.4, 0.5) is 0 Å². The lowest BCUT2D eigenvalue weighted by Gasteiger charge is -2.22. The molecule has 1 saturated heterocycles. The zero-order chi connectivity index (χ0) is 16.0. The fourth-order valence-corrected chi connectivity index (χ4v) is 3.39. The summed E-state index contributed by atoms with van der Waals surface area (Å²) in [6.45, 7) is 2.63. The van der Waals surface area contributed by atoms with Crippen LogP contribution in [0.3, 0.4) is 0 Å². The van der Waals surface area contributed by atoms with E-state index in [1.54, 1.807) is 10.9 Å². The van der Waals surface area contributed by atoms with Gasteiger partial charge in [-0.05, 0) is 31.9 Å². The molecule has 0 aliphatic carbocycles. The molecule has 1 amide bonds. The number of carbonyl (C=O) groups is 1. The molecule has 1 N–H and O–H groups in total. The Balaban J connectivity index is 1.68. The topological polar surface area (TPSA) is 66.8 Å². The van der Waals surface area contributed by atoms with Gasteiger partial charge in [0.2, 0.25) is 0 Å². The van der Waals surface area contributed by atoms with E-state index in [2.05, 4.69) is 15.1 Å². The predicted octanol–water partition coefficient (Wildman–Crippen LogP) is 2.58. The van der Waals surface area contributed by atoms with Crippen molar-refractivity contribution in [1.29, 1.82) is 0 Å². The normalized spacial score (nSPS) is 18.0. The summed E-state index contributed by atoms with van der Waals surface area (Å²) in [6, 6.07) is 7.97. The Morgan fingerprint density at radius 2 is 2.17 bits per heavy atom. The highest BCUT2D eigenvalue weighted by molar-refractivity contribution is 5.95. The summed E-state index contributed by atoms with van der Waals surface area (Å²) >= 11 is 0. The molecule has 0 radical (unpaired) electrons. The molecular formula is C17H19N5O. The molecule has 1 atom stereocenters. The van der Waals surface area contributed by atoms with Crippen LogP contribution in [0, 0.1) is 6.92 Å². The minimum absolute atomic E-state index is 0.00880. The Morgan fingerprint density at radius 3 is 2.91 bits per heavy atom. The molecular weight excluding hydrogens is 290 g/mol. The summed E-state index contributed by atoms with van der Waals surface area (Å²) < 4.78 is 1.69. The number of aryl methyl sites for hydroxylation is 2. The molecule has 0 spiro atoms. The standard InChI is InChI=1S/C17H19N5O/c1-11-12(10-21(2)20-11)17(23)22-9-5-8-15(22)16-18-13-6-3-4-7-14(13)19-16/h3-4,6-7,10,15H,5,8-9H2,1-2H3,(H,18,19)/t15-/m0/s1. The van der Waals surface area contributed by atoms with Crippen molar-refractivity contribution in [1.82, 2.24) is 24.6 Å². The Hall–Kier alpha value is -2.63. The minimum Gasteiger partial charge on any atom is -0.340 e. The van der Waals surface area contributed by atoms with Crippen molar-refractivity contribution in [2.75, 3.05) is 6.54 Å². The molecule has 4 rings (SSSR count). The fourth-order valence-electron chi connectivity index (χ4n) is 3.39. The quantitative estimate of drug-likeness (QED) is 0.791. The van der Waals surface area contributed by atoms with Gasteiger partial charge >= 0.3 is 0 Å². The van der Waals surface area contributed by atoms with Gasteiger partial charge in [-0.1, -0.05) is 12.1 Å². The summed E-state index contributed by atoms with van der Waals surface area (Å²) in [5, 5.41) is 4.28. The summed E-state index contributed by atoms with van der Waals surface area (Å²) in [7, 11) is 1.84. The van der Waals surface area contributed by atoms with E-state index >= 15 is 0 Å². The molecule has 23 heavy (non-hydrogen) atoms. The number of imidazole rings is 1. The SMILES string of the molecule is Cc1nn(C)cc1C(=O)N1CCC[C@H]1c1nc2ccccc2[nH]1. The maximum atomic E-state index is 12.9. The average molecular weight is 309 g/mol. The Labute approximate surface area is 134 Å². The van der Waals surface area contributed by atoms with Gasteiger partial charge in [-0.25, -0.2) is 4.98 Å². The number of para-hydroxylation sites is 2. The molecule has 6 heteroatoms. The van der Waals surface area contributed by atoms with Gasteiger partial charge in [0, 0.05) is 19.8 Å². The molecule has 3 aromatic rings. The van der Waals surface area contributed by atoms with Crippen molar-refractivity contribution in [2.24, 2.45) is 7.05 Å². The second-order valence-corrected chi connectivity index (χ2v) is 6.10. The molecule has 0 unspecified atom stereocenters. The highest BCUT2D eigenvalue weighted by Gasteiger charge is 2.33. The number of rotatable bonds is 2. The van der Waals surface area contributed by atoms with Crippen LogP contribution in [0.2, 0.25) is 0 Å². The van der Waals surface area contributed by atoms with Crippen LogP contribution in [0.15, 0.2) is 30.5 Å². The highest BCUT2D eigenvalue weighted by Crippen LogP contribution is 2.32. The van der Waals surface area contributed by atoms with Crippen molar-refractivity contribution in [3.63, 3.8) is 0 Å². The van der Waals surface area contributed by atoms with Gasteiger partial charge in [0.25, 0.3) is 5.91 Å². The molecule has 2 aromatic heterocycles. The second-order valence-electron chi connectivity index (χ2n) is 6.10. The second kappa shape index (κ2) is 5.22. The first-order chi connectivity index (χ1) is 11.1. The number of nitrogens with zero attached hydrogens (tertiary/aromatic N) is 4. The number of likely N-dealkylation sites (tertiary alicyclic amines) is 1. The predicted molar refractivity (Wildman–Crippen MR) is 87.1 cm³/mol. The van der Waals surface area contributed by atoms with Crippen LogP contribution < -0.4 is 0 Å². The fraction of sp³-hybridized carbons (Fsp3) is 0.353. The molecule has 1 aromatic carbocycles. The zero-order valence-corrected chi connectivity index (χ0v) is 13.3. The minimum atomic E-state index is 0.00880. The first kappa shape index (κ1) is 14.0. The van der Waals surface area contributed by atoms with Crippen LogP contribution in [0.25, 0.3) is 11.0 Å². The zero-order valence-electron chi connectivity index (χ0n) is 13.3. The first-order valence-electron chi connectivity index (χ1n) is 7.89. The van der Waals surface area contributed by atoms with E-state index in [1.165, 1.54) is 0 Å². The van der Waals surface area contributed by atoms with Crippen LogP contribution in [0.1, 0.15) is 40.8 Å². The Bertz CT molecular complexity index is 845. The lowest BCUT2D eigenvalue weighted by atomic mass is 10.2. The van der Waals surface area contributed by atoms with Gasteiger partial charge in [0.1, 0.15) is 5.82 Å². The van der Waals surface area contributed by atoms with Crippen LogP contribution in [-0.2, 0) is 7.05 Å². The number of amides is 1. The van der Waals surface area contributed by atoms with E-state index in [-0.39, 0.29) is 11.9 Å². The third kappa shape index (κ3) is 2.30. The highest BCUT2D eigenvalue weighted by atomic mass is 16.2. The first-order valence-corrected chi connectivity index (χ1v) is 7.89. The van der Waals surface area contributed by atoms with Crippen LogP contribution >= 0.6 is 0 Å². The lowest BCUT2D eigenvalue weighted by Crippen LogP contribution is -2.31. The van der Waals surface area contributed by atoms with Crippen LogP contribution in [-0.4, -0.2) is 37.1 Å². The molecule has 0 saturated carbocycles. The van der Waals surface area contributed by atoms with Gasteiger partial charge in [-0.15, -0.1) is 0 Å². The number of hydrogen-bond acceptors (Lipinski definition) is 3. The molecule has 6 nitrogen and oxygen atoms in total. The van der Waals surface area contributed by atoms with E-state index in [4.69, 9.17) is 0 Å². The molecule has 0 bridgehead atoms. The Kier molecular flexibility index (Phi) is 3.18.